The van der Waals surface area contributed by atoms with Crippen LogP contribution in [0.2, 0.25) is 0 Å². The number of halogens is 16. The van der Waals surface area contributed by atoms with Crippen molar-refractivity contribution in [3.8, 4) is 11.5 Å². The predicted octanol–water partition coefficient (Wildman–Crippen LogP) is 6.73. The van der Waals surface area contributed by atoms with E-state index in [-0.39, 0.29) is 11.5 Å². The Labute approximate surface area is 256 Å². The van der Waals surface area contributed by atoms with Gasteiger partial charge in [0.2, 0.25) is 0 Å². The Morgan fingerprint density at radius 1 is 0.521 bits per heavy atom. The molecular formula is C24H16F16N4O4. The number of rotatable bonds is 8. The zero-order valence-electron chi connectivity index (χ0n) is 23.2. The summed E-state index contributed by atoms with van der Waals surface area (Å²) in [6, 6.07) is -27.1. The Hall–Kier alpha value is -4.22. The topological polar surface area (TPSA) is 83.1 Å². The highest BCUT2D eigenvalue weighted by molar-refractivity contribution is 5.98. The van der Waals surface area contributed by atoms with Crippen molar-refractivity contribution in [2.24, 2.45) is 0 Å². The van der Waals surface area contributed by atoms with Crippen molar-refractivity contribution >= 4 is 23.2 Å². The van der Waals surface area contributed by atoms with Gasteiger partial charge in [0, 0.05) is 11.4 Å². The SMILES string of the molecule is COc1ccc(NC(=O)[C@@](F)(N2C(F)(F)C(F)(F)N([C@@](F)(C(=O)Nc3ccc(OC)cc3)C(F)(F)F)C(F)(F)C2(F)F)C(F)(F)F)cc1. The van der Waals surface area contributed by atoms with Crippen LogP contribution >= 0.6 is 0 Å². The number of hydrogen-bond acceptors (Lipinski definition) is 6. The fraction of sp³-hybridized carbons (Fsp3) is 0.417. The molecule has 2 aromatic rings. The summed E-state index contributed by atoms with van der Waals surface area (Å²) < 4.78 is 245. The molecule has 0 unspecified atom stereocenters. The minimum Gasteiger partial charge on any atom is -0.497 e. The molecule has 1 heterocycles. The zero-order chi connectivity index (χ0) is 37.1. The number of hydrogen-bond donors (Lipinski definition) is 2. The fourth-order valence-electron chi connectivity index (χ4n) is 4.16. The van der Waals surface area contributed by atoms with Crippen molar-refractivity contribution in [3.05, 3.63) is 48.5 Å². The molecule has 1 saturated heterocycles. The first-order valence-electron chi connectivity index (χ1n) is 12.1. The number of carbonyl (C=O) groups excluding carboxylic acids is 2. The molecule has 2 N–H and O–H groups in total. The second-order valence-electron chi connectivity index (χ2n) is 9.44. The Balaban J connectivity index is 2.27. The predicted molar refractivity (Wildman–Crippen MR) is 127 cm³/mol. The maximum absolute atomic E-state index is 15.6. The van der Waals surface area contributed by atoms with E-state index in [1.807, 2.05) is 0 Å². The second-order valence-corrected chi connectivity index (χ2v) is 9.44. The number of ether oxygens (including phenoxy) is 2. The van der Waals surface area contributed by atoms with Gasteiger partial charge in [-0.2, -0.15) is 61.5 Å². The monoisotopic (exact) mass is 728 g/mol. The number of benzene rings is 2. The molecule has 0 aliphatic carbocycles. The average Bonchev–Trinajstić information content (AvgIpc) is 2.95. The fourth-order valence-corrected chi connectivity index (χ4v) is 4.16. The van der Waals surface area contributed by atoms with Crippen LogP contribution in [-0.4, -0.2) is 84.0 Å². The van der Waals surface area contributed by atoms with E-state index in [9.17, 15) is 35.9 Å². The number of nitrogens with one attached hydrogen (secondary N) is 2. The van der Waals surface area contributed by atoms with Crippen LogP contribution in [0.5, 0.6) is 11.5 Å². The van der Waals surface area contributed by atoms with Crippen LogP contribution in [0, 0.1) is 0 Å². The molecule has 3 rings (SSSR count). The van der Waals surface area contributed by atoms with Gasteiger partial charge in [0.15, 0.2) is 0 Å². The normalized spacial score (nSPS) is 21.7. The van der Waals surface area contributed by atoms with E-state index in [0.717, 1.165) is 49.1 Å². The Kier molecular flexibility index (Phi) is 9.34. The van der Waals surface area contributed by atoms with Gasteiger partial charge in [-0.05, 0) is 48.5 Å². The number of piperazine rings is 1. The lowest BCUT2D eigenvalue weighted by molar-refractivity contribution is -0.556. The maximum Gasteiger partial charge on any atom is 0.446 e. The minimum absolute atomic E-state index is 0.154. The van der Waals surface area contributed by atoms with E-state index < -0.39 is 81.1 Å². The van der Waals surface area contributed by atoms with E-state index in [2.05, 4.69) is 9.47 Å². The standard InChI is InChI=1S/C24H16F16N4O4/c1-47-13-7-3-11(4-8-13)41-15(45)17(25,19(27,28)29)43-21(33,34)23(37,38)44(24(39,40)22(43,35)36)18(26,20(30,31)32)16(46)42-12-5-9-14(48-2)10-6-12/h3-10H,1-2H3,(H,41,45)(H,42,46)/t17-,18+. The van der Waals surface area contributed by atoms with Gasteiger partial charge < -0.3 is 20.1 Å². The van der Waals surface area contributed by atoms with Gasteiger partial charge >= 0.3 is 48.1 Å². The van der Waals surface area contributed by atoms with Crippen LogP contribution in [0.4, 0.5) is 81.6 Å². The molecule has 1 aliphatic rings. The number of amides is 2. The molecule has 0 spiro atoms. The van der Waals surface area contributed by atoms with E-state index in [1.165, 1.54) is 0 Å². The van der Waals surface area contributed by atoms with E-state index in [0.29, 0.717) is 24.3 Å². The summed E-state index contributed by atoms with van der Waals surface area (Å²) in [6.45, 7) is 0. The Bertz CT molecular complexity index is 1380. The smallest absolute Gasteiger partial charge is 0.446 e. The molecule has 0 aromatic heterocycles. The lowest BCUT2D eigenvalue weighted by atomic mass is 10.0. The van der Waals surface area contributed by atoms with E-state index >= 15 is 43.9 Å². The largest absolute Gasteiger partial charge is 0.497 e. The van der Waals surface area contributed by atoms with Gasteiger partial charge in [0.25, 0.3) is 11.8 Å². The summed E-state index contributed by atoms with van der Waals surface area (Å²) >= 11 is 0. The van der Waals surface area contributed by atoms with E-state index in [4.69, 9.17) is 0 Å². The lowest BCUT2D eigenvalue weighted by Gasteiger charge is -2.57. The van der Waals surface area contributed by atoms with Crippen LogP contribution in [0.25, 0.3) is 0 Å². The van der Waals surface area contributed by atoms with Crippen molar-refractivity contribution in [3.63, 3.8) is 0 Å². The summed E-state index contributed by atoms with van der Waals surface area (Å²) in [5.74, 6) is -22.7. The summed E-state index contributed by atoms with van der Waals surface area (Å²) in [7, 11) is 2.03. The molecule has 2 aromatic carbocycles. The summed E-state index contributed by atoms with van der Waals surface area (Å²) in [5.41, 5.74) is -2.21. The highest BCUT2D eigenvalue weighted by Gasteiger charge is 2.96. The molecular weight excluding hydrogens is 712 g/mol. The lowest BCUT2D eigenvalue weighted by Crippen LogP contribution is -2.90. The first-order valence-corrected chi connectivity index (χ1v) is 12.1. The van der Waals surface area contributed by atoms with Gasteiger partial charge in [0.1, 0.15) is 11.5 Å². The first-order chi connectivity index (χ1) is 21.6. The molecule has 0 bridgehead atoms. The Morgan fingerprint density at radius 3 is 0.938 bits per heavy atom. The quantitative estimate of drug-likeness (QED) is 0.232. The highest BCUT2D eigenvalue weighted by atomic mass is 19.4. The van der Waals surface area contributed by atoms with Crippen molar-refractivity contribution in [1.29, 1.82) is 0 Å². The Morgan fingerprint density at radius 2 is 0.750 bits per heavy atom. The third-order valence-corrected chi connectivity index (χ3v) is 6.51. The van der Waals surface area contributed by atoms with Crippen LogP contribution in [0.15, 0.2) is 48.5 Å². The van der Waals surface area contributed by atoms with Gasteiger partial charge in [-0.1, -0.05) is 0 Å². The molecule has 268 valence electrons. The molecule has 0 radical (unpaired) electrons. The molecule has 2 amide bonds. The van der Waals surface area contributed by atoms with Crippen molar-refractivity contribution in [2.75, 3.05) is 24.9 Å². The summed E-state index contributed by atoms with van der Waals surface area (Å²) in [6.07, 6.45) is -15.2. The zero-order valence-corrected chi connectivity index (χ0v) is 23.2. The minimum atomic E-state index is -8.04. The van der Waals surface area contributed by atoms with Gasteiger partial charge in [-0.15, -0.1) is 9.80 Å². The maximum atomic E-state index is 15.6. The first kappa shape index (κ1) is 38.2. The van der Waals surface area contributed by atoms with Crippen molar-refractivity contribution in [2.45, 2.75) is 48.1 Å². The van der Waals surface area contributed by atoms with Gasteiger partial charge in [0.05, 0.1) is 14.2 Å². The molecule has 48 heavy (non-hydrogen) atoms. The molecule has 1 aliphatic heterocycles. The molecule has 1 fully saturated rings. The summed E-state index contributed by atoms with van der Waals surface area (Å²) in [5, 5.41) is 1.52. The highest BCUT2D eigenvalue weighted by Crippen LogP contribution is 2.65. The van der Waals surface area contributed by atoms with Crippen molar-refractivity contribution < 1.29 is 89.3 Å². The third-order valence-electron chi connectivity index (χ3n) is 6.51. The average molecular weight is 728 g/mol. The molecule has 2 atom stereocenters. The van der Waals surface area contributed by atoms with Crippen LogP contribution < -0.4 is 20.1 Å². The van der Waals surface area contributed by atoms with Crippen LogP contribution in [0.1, 0.15) is 0 Å². The molecule has 8 nitrogen and oxygen atoms in total. The number of alkyl halides is 16. The molecule has 24 heteroatoms. The van der Waals surface area contributed by atoms with Crippen molar-refractivity contribution in [1.82, 2.24) is 9.80 Å². The van der Waals surface area contributed by atoms with Crippen LogP contribution in [0.3, 0.4) is 0 Å². The number of carbonyl (C=O) groups is 2. The summed E-state index contributed by atoms with van der Waals surface area (Å²) in [4.78, 5) is 16.6. The van der Waals surface area contributed by atoms with Gasteiger partial charge in [-0.25, -0.2) is 8.78 Å². The number of anilines is 2. The van der Waals surface area contributed by atoms with E-state index in [1.54, 1.807) is 0 Å². The van der Waals surface area contributed by atoms with Gasteiger partial charge in [-0.3, -0.25) is 9.59 Å². The number of methoxy groups -OCH3 is 2. The number of nitrogens with zero attached hydrogens (tertiary/aromatic N) is 2. The third kappa shape index (κ3) is 5.56. The second kappa shape index (κ2) is 11.7. The molecule has 0 saturated carbocycles. The van der Waals surface area contributed by atoms with Crippen LogP contribution in [-0.2, 0) is 9.59 Å².